The molecular formula is C36H45F3O4. The Kier molecular flexibility index (Phi) is 13.2. The summed E-state index contributed by atoms with van der Waals surface area (Å²) in [5, 5.41) is 0. The van der Waals surface area contributed by atoms with Crippen LogP contribution in [0.3, 0.4) is 0 Å². The van der Waals surface area contributed by atoms with Gasteiger partial charge < -0.3 is 18.9 Å². The average Bonchev–Trinajstić information content (AvgIpc) is 3.03. The van der Waals surface area contributed by atoms with Crippen molar-refractivity contribution in [2.45, 2.75) is 84.3 Å². The van der Waals surface area contributed by atoms with Crippen molar-refractivity contribution in [2.75, 3.05) is 26.4 Å². The Morgan fingerprint density at radius 3 is 2.00 bits per heavy atom. The smallest absolute Gasteiger partial charge is 0.201 e. The number of ether oxygens (including phenoxy) is 4. The third-order valence-electron chi connectivity index (χ3n) is 7.82. The van der Waals surface area contributed by atoms with E-state index in [1.54, 1.807) is 36.4 Å². The lowest BCUT2D eigenvalue weighted by atomic mass is 9.99. The highest BCUT2D eigenvalue weighted by Crippen LogP contribution is 2.32. The highest BCUT2D eigenvalue weighted by Gasteiger charge is 2.23. The Morgan fingerprint density at radius 2 is 1.28 bits per heavy atom. The molecule has 0 radical (unpaired) electrons. The van der Waals surface area contributed by atoms with Crippen molar-refractivity contribution in [1.82, 2.24) is 0 Å². The lowest BCUT2D eigenvalue weighted by Crippen LogP contribution is -2.35. The topological polar surface area (TPSA) is 36.9 Å². The molecule has 1 heterocycles. The summed E-state index contributed by atoms with van der Waals surface area (Å²) < 4.78 is 67.4. The number of rotatable bonds is 17. The van der Waals surface area contributed by atoms with E-state index in [1.165, 1.54) is 37.5 Å². The first kappa shape index (κ1) is 32.9. The maximum absolute atomic E-state index is 14.9. The van der Waals surface area contributed by atoms with Crippen molar-refractivity contribution in [3.63, 3.8) is 0 Å². The second-order valence-electron chi connectivity index (χ2n) is 11.3. The third kappa shape index (κ3) is 9.73. The second kappa shape index (κ2) is 17.3. The first-order valence-corrected chi connectivity index (χ1v) is 15.9. The molecule has 1 aliphatic rings. The van der Waals surface area contributed by atoms with E-state index in [-0.39, 0.29) is 29.3 Å². The molecule has 0 bridgehead atoms. The quantitative estimate of drug-likeness (QED) is 0.145. The Hall–Kier alpha value is -3.03. The van der Waals surface area contributed by atoms with E-state index < -0.39 is 17.5 Å². The predicted octanol–water partition coefficient (Wildman–Crippen LogP) is 10.1. The third-order valence-corrected chi connectivity index (χ3v) is 7.82. The number of hydrogen-bond donors (Lipinski definition) is 0. The summed E-state index contributed by atoms with van der Waals surface area (Å²) >= 11 is 0. The predicted molar refractivity (Wildman–Crippen MR) is 165 cm³/mol. The van der Waals surface area contributed by atoms with Crippen molar-refractivity contribution < 1.29 is 32.1 Å². The van der Waals surface area contributed by atoms with Crippen LogP contribution in [0.15, 0.2) is 54.6 Å². The van der Waals surface area contributed by atoms with Crippen LogP contribution in [0.25, 0.3) is 22.3 Å². The highest BCUT2D eigenvalue weighted by molar-refractivity contribution is 5.71. The number of unbranched alkanes of at least 4 members (excludes halogenated alkanes) is 7. The monoisotopic (exact) mass is 598 g/mol. The van der Waals surface area contributed by atoms with Crippen molar-refractivity contribution in [2.24, 2.45) is 5.92 Å². The Morgan fingerprint density at radius 1 is 0.651 bits per heavy atom. The molecule has 0 saturated carbocycles. The fourth-order valence-corrected chi connectivity index (χ4v) is 5.18. The minimum Gasteiger partial charge on any atom is -0.490 e. The van der Waals surface area contributed by atoms with Gasteiger partial charge in [-0.05, 0) is 60.2 Å². The van der Waals surface area contributed by atoms with E-state index in [2.05, 4.69) is 13.8 Å². The Labute approximate surface area is 254 Å². The molecule has 1 saturated heterocycles. The summed E-state index contributed by atoms with van der Waals surface area (Å²) in [5.74, 6) is -2.26. The SMILES string of the molecule is CCCCCCCCOc1ccc(-c2ccc(-c3ccc(OCC4COC(CCCCC)OC4)c(F)c3)cc2)c(F)c1F. The fourth-order valence-electron chi connectivity index (χ4n) is 5.18. The molecule has 3 aromatic carbocycles. The van der Waals surface area contributed by atoms with Gasteiger partial charge in [0.25, 0.3) is 0 Å². The molecule has 43 heavy (non-hydrogen) atoms. The van der Waals surface area contributed by atoms with Crippen LogP contribution in [0.5, 0.6) is 11.5 Å². The molecule has 1 fully saturated rings. The van der Waals surface area contributed by atoms with Crippen LogP contribution in [-0.2, 0) is 9.47 Å². The van der Waals surface area contributed by atoms with Gasteiger partial charge in [0.15, 0.2) is 29.4 Å². The van der Waals surface area contributed by atoms with Crippen LogP contribution in [0, 0.1) is 23.4 Å². The normalized spacial score (nSPS) is 16.8. The van der Waals surface area contributed by atoms with Crippen LogP contribution >= 0.6 is 0 Å². The van der Waals surface area contributed by atoms with Crippen molar-refractivity contribution in [3.05, 3.63) is 72.0 Å². The fraction of sp³-hybridized carbons (Fsp3) is 0.500. The van der Waals surface area contributed by atoms with Crippen molar-refractivity contribution >= 4 is 0 Å². The first-order chi connectivity index (χ1) is 21.0. The van der Waals surface area contributed by atoms with Crippen LogP contribution in [0.1, 0.15) is 78.1 Å². The Balaban J connectivity index is 1.28. The molecule has 0 spiro atoms. The summed E-state index contributed by atoms with van der Waals surface area (Å²) in [7, 11) is 0. The van der Waals surface area contributed by atoms with E-state index in [0.717, 1.165) is 50.5 Å². The summed E-state index contributed by atoms with van der Waals surface area (Å²) in [6.45, 7) is 6.06. The first-order valence-electron chi connectivity index (χ1n) is 15.9. The average molecular weight is 599 g/mol. The van der Waals surface area contributed by atoms with E-state index in [9.17, 15) is 13.2 Å². The van der Waals surface area contributed by atoms with Crippen LogP contribution in [-0.4, -0.2) is 32.7 Å². The molecule has 0 amide bonds. The lowest BCUT2D eigenvalue weighted by Gasteiger charge is -2.29. The summed E-state index contributed by atoms with van der Waals surface area (Å²) in [6.07, 6.45) is 10.7. The molecule has 0 atom stereocenters. The zero-order valence-electron chi connectivity index (χ0n) is 25.5. The van der Waals surface area contributed by atoms with Gasteiger partial charge in [-0.3, -0.25) is 0 Å². The summed E-state index contributed by atoms with van der Waals surface area (Å²) in [4.78, 5) is 0. The van der Waals surface area contributed by atoms with Gasteiger partial charge in [0.2, 0.25) is 5.82 Å². The van der Waals surface area contributed by atoms with Gasteiger partial charge in [0.1, 0.15) is 0 Å². The molecule has 0 aromatic heterocycles. The van der Waals surface area contributed by atoms with Crippen molar-refractivity contribution in [3.8, 4) is 33.8 Å². The molecule has 0 aliphatic carbocycles. The molecule has 3 aromatic rings. The Bertz CT molecular complexity index is 1260. The van der Waals surface area contributed by atoms with Gasteiger partial charge in [0, 0.05) is 11.5 Å². The molecule has 4 nitrogen and oxygen atoms in total. The molecule has 1 aliphatic heterocycles. The molecule has 7 heteroatoms. The minimum atomic E-state index is -0.983. The summed E-state index contributed by atoms with van der Waals surface area (Å²) in [6, 6.07) is 14.7. The lowest BCUT2D eigenvalue weighted by molar-refractivity contribution is -0.206. The van der Waals surface area contributed by atoms with Gasteiger partial charge in [-0.1, -0.05) is 89.1 Å². The van der Waals surface area contributed by atoms with Gasteiger partial charge in [-0.15, -0.1) is 0 Å². The van der Waals surface area contributed by atoms with E-state index in [1.807, 2.05) is 0 Å². The van der Waals surface area contributed by atoms with Gasteiger partial charge in [-0.25, -0.2) is 8.78 Å². The molecule has 4 rings (SSSR count). The molecule has 234 valence electrons. The van der Waals surface area contributed by atoms with E-state index >= 15 is 0 Å². The van der Waals surface area contributed by atoms with E-state index in [0.29, 0.717) is 37.6 Å². The van der Waals surface area contributed by atoms with Crippen molar-refractivity contribution in [1.29, 1.82) is 0 Å². The molecule has 0 unspecified atom stereocenters. The summed E-state index contributed by atoms with van der Waals surface area (Å²) in [5.41, 5.74) is 2.07. The zero-order chi connectivity index (χ0) is 30.4. The van der Waals surface area contributed by atoms with E-state index in [4.69, 9.17) is 18.9 Å². The van der Waals surface area contributed by atoms with Gasteiger partial charge >= 0.3 is 0 Å². The molecule has 0 N–H and O–H groups in total. The van der Waals surface area contributed by atoms with Gasteiger partial charge in [-0.2, -0.15) is 4.39 Å². The van der Waals surface area contributed by atoms with Crippen LogP contribution in [0.4, 0.5) is 13.2 Å². The largest absolute Gasteiger partial charge is 0.490 e. The number of benzene rings is 3. The highest BCUT2D eigenvalue weighted by atomic mass is 19.2. The maximum Gasteiger partial charge on any atom is 0.201 e. The van der Waals surface area contributed by atoms with Gasteiger partial charge in [0.05, 0.1) is 26.4 Å². The second-order valence-corrected chi connectivity index (χ2v) is 11.3. The van der Waals surface area contributed by atoms with Crippen LogP contribution in [0.2, 0.25) is 0 Å². The number of hydrogen-bond acceptors (Lipinski definition) is 4. The number of halogens is 3. The molecular weight excluding hydrogens is 553 g/mol. The zero-order valence-corrected chi connectivity index (χ0v) is 25.5. The van der Waals surface area contributed by atoms with Crippen LogP contribution < -0.4 is 9.47 Å². The minimum absolute atomic E-state index is 0.0419. The maximum atomic E-state index is 14.9. The standard InChI is InChI=1S/C36H45F3O4/c1-3-5-7-8-9-11-21-40-33-20-18-30(35(38)36(33)39)28-15-13-27(14-16-28)29-17-19-32(31(37)22-29)41-23-26-24-42-34(43-25-26)12-10-6-4-2/h13-20,22,26,34H,3-12,21,23-25H2,1-2H3.